The van der Waals surface area contributed by atoms with E-state index < -0.39 is 0 Å². The molecule has 0 fully saturated rings. The highest BCUT2D eigenvalue weighted by Gasteiger charge is 2.03. The van der Waals surface area contributed by atoms with E-state index in [0.29, 0.717) is 18.9 Å². The zero-order chi connectivity index (χ0) is 9.56. The molecule has 0 heterocycles. The van der Waals surface area contributed by atoms with Crippen molar-refractivity contribution in [1.29, 1.82) is 0 Å². The standard InChI is InChI=1S/C8H16N2O2/c1-7(2)4-9-8(12)5-10(3)6-11/h6-7H,4-5H2,1-3H3,(H,9,12). The van der Waals surface area contributed by atoms with Crippen molar-refractivity contribution in [2.75, 3.05) is 20.1 Å². The first-order valence-electron chi connectivity index (χ1n) is 3.98. The van der Waals surface area contributed by atoms with Crippen LogP contribution in [-0.4, -0.2) is 37.4 Å². The Balaban J connectivity index is 3.53. The summed E-state index contributed by atoms with van der Waals surface area (Å²) < 4.78 is 0. The number of nitrogens with one attached hydrogen (secondary N) is 1. The predicted molar refractivity (Wildman–Crippen MR) is 46.5 cm³/mol. The van der Waals surface area contributed by atoms with Crippen LogP contribution in [0.15, 0.2) is 0 Å². The molecule has 4 nitrogen and oxygen atoms in total. The van der Waals surface area contributed by atoms with Crippen LogP contribution in [0, 0.1) is 5.92 Å². The number of carbonyl (C=O) groups is 2. The molecular weight excluding hydrogens is 156 g/mol. The maximum atomic E-state index is 11.0. The van der Waals surface area contributed by atoms with Crippen LogP contribution >= 0.6 is 0 Å². The number of hydrogen-bond donors (Lipinski definition) is 1. The molecule has 0 aliphatic rings. The van der Waals surface area contributed by atoms with Crippen LogP contribution < -0.4 is 5.32 Å². The average Bonchev–Trinajstić information content (AvgIpc) is 2.00. The number of amides is 2. The maximum absolute atomic E-state index is 11.0. The summed E-state index contributed by atoms with van der Waals surface area (Å²) in [6.07, 6.45) is 0.634. The summed E-state index contributed by atoms with van der Waals surface area (Å²) in [5, 5.41) is 2.71. The average molecular weight is 172 g/mol. The van der Waals surface area contributed by atoms with Crippen LogP contribution in [0.3, 0.4) is 0 Å². The minimum atomic E-state index is -0.113. The molecule has 0 aromatic carbocycles. The summed E-state index contributed by atoms with van der Waals surface area (Å²) in [5.41, 5.74) is 0. The summed E-state index contributed by atoms with van der Waals surface area (Å²) in [5.74, 6) is 0.328. The molecule has 0 radical (unpaired) electrons. The lowest BCUT2D eigenvalue weighted by molar-refractivity contribution is -0.127. The highest BCUT2D eigenvalue weighted by molar-refractivity contribution is 5.79. The van der Waals surface area contributed by atoms with Gasteiger partial charge < -0.3 is 10.2 Å². The third-order valence-electron chi connectivity index (χ3n) is 1.28. The lowest BCUT2D eigenvalue weighted by Crippen LogP contribution is -2.36. The van der Waals surface area contributed by atoms with Crippen molar-refractivity contribution in [3.8, 4) is 0 Å². The van der Waals surface area contributed by atoms with Crippen LogP contribution in [0.2, 0.25) is 0 Å². The van der Waals surface area contributed by atoms with Crippen molar-refractivity contribution >= 4 is 12.3 Å². The van der Waals surface area contributed by atoms with E-state index >= 15 is 0 Å². The summed E-state index contributed by atoms with van der Waals surface area (Å²) in [7, 11) is 1.57. The van der Waals surface area contributed by atoms with Crippen molar-refractivity contribution in [2.24, 2.45) is 5.92 Å². The fourth-order valence-electron chi connectivity index (χ4n) is 0.638. The van der Waals surface area contributed by atoms with Crippen LogP contribution in [0.1, 0.15) is 13.8 Å². The molecule has 0 aliphatic carbocycles. The van der Waals surface area contributed by atoms with E-state index in [1.165, 1.54) is 4.90 Å². The van der Waals surface area contributed by atoms with Gasteiger partial charge in [-0.3, -0.25) is 9.59 Å². The molecule has 70 valence electrons. The number of hydrogen-bond acceptors (Lipinski definition) is 2. The Morgan fingerprint density at radius 2 is 2.17 bits per heavy atom. The molecule has 0 spiro atoms. The Morgan fingerprint density at radius 3 is 2.58 bits per heavy atom. The zero-order valence-electron chi connectivity index (χ0n) is 7.83. The fraction of sp³-hybridized carbons (Fsp3) is 0.750. The molecule has 0 atom stereocenters. The maximum Gasteiger partial charge on any atom is 0.239 e. The smallest absolute Gasteiger partial charge is 0.239 e. The molecule has 12 heavy (non-hydrogen) atoms. The highest BCUT2D eigenvalue weighted by Crippen LogP contribution is 1.86. The van der Waals surface area contributed by atoms with Crippen LogP contribution in [0.4, 0.5) is 0 Å². The van der Waals surface area contributed by atoms with Gasteiger partial charge in [-0.2, -0.15) is 0 Å². The van der Waals surface area contributed by atoms with Gasteiger partial charge >= 0.3 is 0 Å². The monoisotopic (exact) mass is 172 g/mol. The molecule has 0 saturated carbocycles. The van der Waals surface area contributed by atoms with Crippen LogP contribution in [-0.2, 0) is 9.59 Å². The first-order chi connectivity index (χ1) is 5.56. The zero-order valence-corrected chi connectivity index (χ0v) is 7.83. The molecule has 0 bridgehead atoms. The second-order valence-corrected chi connectivity index (χ2v) is 3.22. The van der Waals surface area contributed by atoms with Crippen LogP contribution in [0.5, 0.6) is 0 Å². The van der Waals surface area contributed by atoms with E-state index in [0.717, 1.165) is 0 Å². The highest BCUT2D eigenvalue weighted by atomic mass is 16.2. The molecule has 0 unspecified atom stereocenters. The van der Waals surface area contributed by atoms with Gasteiger partial charge in [-0.15, -0.1) is 0 Å². The second-order valence-electron chi connectivity index (χ2n) is 3.22. The Hall–Kier alpha value is -1.06. The first kappa shape index (κ1) is 10.9. The van der Waals surface area contributed by atoms with E-state index in [1.54, 1.807) is 7.05 Å². The van der Waals surface area contributed by atoms with Gasteiger partial charge in [0.05, 0.1) is 6.54 Å². The Labute approximate surface area is 72.9 Å². The molecule has 0 rings (SSSR count). The van der Waals surface area contributed by atoms with E-state index in [1.807, 2.05) is 13.8 Å². The fourth-order valence-corrected chi connectivity index (χ4v) is 0.638. The normalized spacial score (nSPS) is 9.67. The Bertz CT molecular complexity index is 157. The molecular formula is C8H16N2O2. The third-order valence-corrected chi connectivity index (χ3v) is 1.28. The molecule has 0 aromatic rings. The van der Waals surface area contributed by atoms with E-state index in [9.17, 15) is 9.59 Å². The first-order valence-corrected chi connectivity index (χ1v) is 3.98. The predicted octanol–water partition coefficient (Wildman–Crippen LogP) is -0.153. The minimum absolute atomic E-state index is 0.113. The van der Waals surface area contributed by atoms with Crippen molar-refractivity contribution in [3.63, 3.8) is 0 Å². The van der Waals surface area contributed by atoms with Gasteiger partial charge in [0.1, 0.15) is 0 Å². The number of carbonyl (C=O) groups excluding carboxylic acids is 2. The van der Waals surface area contributed by atoms with Crippen molar-refractivity contribution in [1.82, 2.24) is 10.2 Å². The number of nitrogens with zero attached hydrogens (tertiary/aromatic N) is 1. The van der Waals surface area contributed by atoms with Gasteiger partial charge in [0.25, 0.3) is 0 Å². The van der Waals surface area contributed by atoms with Gasteiger partial charge in [0.15, 0.2) is 0 Å². The minimum Gasteiger partial charge on any atom is -0.354 e. The quantitative estimate of drug-likeness (QED) is 0.586. The van der Waals surface area contributed by atoms with Gasteiger partial charge in [0, 0.05) is 13.6 Å². The van der Waals surface area contributed by atoms with Gasteiger partial charge in [-0.25, -0.2) is 0 Å². The summed E-state index contributed by atoms with van der Waals surface area (Å²) in [6.45, 7) is 4.83. The molecule has 2 amide bonds. The second kappa shape index (κ2) is 5.57. The third kappa shape index (κ3) is 5.70. The number of rotatable bonds is 5. The Kier molecular flexibility index (Phi) is 5.08. The van der Waals surface area contributed by atoms with Crippen LogP contribution in [0.25, 0.3) is 0 Å². The van der Waals surface area contributed by atoms with Crippen molar-refractivity contribution in [2.45, 2.75) is 13.8 Å². The van der Waals surface area contributed by atoms with Crippen molar-refractivity contribution < 1.29 is 9.59 Å². The lowest BCUT2D eigenvalue weighted by Gasteiger charge is -2.11. The molecule has 0 saturated heterocycles. The van der Waals surface area contributed by atoms with Crippen molar-refractivity contribution in [3.05, 3.63) is 0 Å². The summed E-state index contributed by atoms with van der Waals surface area (Å²) >= 11 is 0. The summed E-state index contributed by atoms with van der Waals surface area (Å²) in [4.78, 5) is 22.4. The van der Waals surface area contributed by atoms with Gasteiger partial charge in [-0.1, -0.05) is 13.8 Å². The van der Waals surface area contributed by atoms with Gasteiger partial charge in [-0.05, 0) is 5.92 Å². The topological polar surface area (TPSA) is 49.4 Å². The molecule has 1 N–H and O–H groups in total. The lowest BCUT2D eigenvalue weighted by atomic mass is 10.2. The Morgan fingerprint density at radius 1 is 1.58 bits per heavy atom. The summed E-state index contributed by atoms with van der Waals surface area (Å²) in [6, 6.07) is 0. The molecule has 0 aromatic heterocycles. The van der Waals surface area contributed by atoms with E-state index in [2.05, 4.69) is 5.32 Å². The number of likely N-dealkylation sites (N-methyl/N-ethyl adjacent to an activating group) is 1. The van der Waals surface area contributed by atoms with E-state index in [4.69, 9.17) is 0 Å². The molecule has 4 heteroatoms. The molecule has 0 aliphatic heterocycles. The van der Waals surface area contributed by atoms with Gasteiger partial charge in [0.2, 0.25) is 12.3 Å². The van der Waals surface area contributed by atoms with E-state index in [-0.39, 0.29) is 12.5 Å². The SMILES string of the molecule is CC(C)CNC(=O)CN(C)C=O. The largest absolute Gasteiger partial charge is 0.354 e.